The van der Waals surface area contributed by atoms with Crippen molar-refractivity contribution in [2.24, 2.45) is 0 Å². The molecule has 2 rings (SSSR count). The van der Waals surface area contributed by atoms with Crippen LogP contribution in [-0.2, 0) is 14.3 Å². The highest BCUT2D eigenvalue weighted by molar-refractivity contribution is 5.96. The molecule has 0 spiro atoms. The quantitative estimate of drug-likeness (QED) is 0.373. The third kappa shape index (κ3) is 5.31. The highest BCUT2D eigenvalue weighted by Crippen LogP contribution is 2.16. The largest absolute Gasteiger partial charge is 0.449 e. The third-order valence-corrected chi connectivity index (χ3v) is 3.12. The van der Waals surface area contributed by atoms with Crippen molar-refractivity contribution in [3.05, 3.63) is 63.9 Å². The zero-order valence-electron chi connectivity index (χ0n) is 13.6. The van der Waals surface area contributed by atoms with Crippen LogP contribution in [0.15, 0.2) is 46.9 Å². The summed E-state index contributed by atoms with van der Waals surface area (Å²) in [5.74, 6) is -1.55. The fourth-order valence-electron chi connectivity index (χ4n) is 1.91. The van der Waals surface area contributed by atoms with Gasteiger partial charge in [-0.05, 0) is 43.7 Å². The normalized spacial score (nSPS) is 11.9. The number of ether oxygens (including phenoxy) is 1. The van der Waals surface area contributed by atoms with Crippen molar-refractivity contribution in [3.63, 3.8) is 0 Å². The van der Waals surface area contributed by atoms with Crippen LogP contribution in [0.4, 0.5) is 11.6 Å². The van der Waals surface area contributed by atoms with Crippen LogP contribution in [0.2, 0.25) is 0 Å². The zero-order valence-corrected chi connectivity index (χ0v) is 13.6. The third-order valence-electron chi connectivity index (χ3n) is 3.12. The van der Waals surface area contributed by atoms with E-state index in [0.29, 0.717) is 5.69 Å². The molecular formula is C17H16N2O6. The summed E-state index contributed by atoms with van der Waals surface area (Å²) in [4.78, 5) is 33.5. The van der Waals surface area contributed by atoms with E-state index in [1.54, 1.807) is 18.2 Å². The van der Waals surface area contributed by atoms with Crippen molar-refractivity contribution in [2.45, 2.75) is 20.0 Å². The van der Waals surface area contributed by atoms with E-state index in [1.807, 2.05) is 13.0 Å². The van der Waals surface area contributed by atoms with E-state index in [-0.39, 0.29) is 5.76 Å². The van der Waals surface area contributed by atoms with Gasteiger partial charge in [0.1, 0.15) is 10.7 Å². The second-order valence-electron chi connectivity index (χ2n) is 5.20. The van der Waals surface area contributed by atoms with Crippen molar-refractivity contribution < 1.29 is 23.7 Å². The molecule has 1 heterocycles. The number of amides is 1. The fraction of sp³-hybridized carbons (Fsp3) is 0.176. The second-order valence-corrected chi connectivity index (χ2v) is 5.20. The smallest absolute Gasteiger partial charge is 0.433 e. The Kier molecular flexibility index (Phi) is 5.67. The molecule has 1 aromatic carbocycles. The zero-order chi connectivity index (χ0) is 18.4. The van der Waals surface area contributed by atoms with Crippen molar-refractivity contribution in [1.82, 2.24) is 0 Å². The predicted octanol–water partition coefficient (Wildman–Crippen LogP) is 3.08. The Labute approximate surface area is 143 Å². The molecule has 130 valence electrons. The SMILES string of the molecule is Cc1cccc(NC(=O)[C@H](C)OC(=O)/C=C/c2ccc([N+](=O)[O-])o2)c1. The average molecular weight is 344 g/mol. The van der Waals surface area contributed by atoms with Gasteiger partial charge in [0.05, 0.1) is 6.07 Å². The lowest BCUT2D eigenvalue weighted by atomic mass is 10.2. The summed E-state index contributed by atoms with van der Waals surface area (Å²) in [6.07, 6.45) is 1.24. The van der Waals surface area contributed by atoms with Crippen molar-refractivity contribution in [2.75, 3.05) is 5.32 Å². The minimum atomic E-state index is -1.01. The van der Waals surface area contributed by atoms with E-state index in [9.17, 15) is 19.7 Å². The number of carbonyl (C=O) groups is 2. The number of aryl methyl sites for hydroxylation is 1. The second kappa shape index (κ2) is 7.91. The van der Waals surface area contributed by atoms with Crippen LogP contribution in [0.3, 0.4) is 0 Å². The molecule has 8 nitrogen and oxygen atoms in total. The molecular weight excluding hydrogens is 328 g/mol. The molecule has 1 aromatic heterocycles. The molecule has 0 aliphatic rings. The summed E-state index contributed by atoms with van der Waals surface area (Å²) >= 11 is 0. The van der Waals surface area contributed by atoms with Gasteiger partial charge < -0.3 is 14.5 Å². The van der Waals surface area contributed by atoms with Gasteiger partial charge >= 0.3 is 11.9 Å². The summed E-state index contributed by atoms with van der Waals surface area (Å²) in [6, 6.07) is 9.72. The summed E-state index contributed by atoms with van der Waals surface area (Å²) in [6.45, 7) is 3.33. The number of esters is 1. The van der Waals surface area contributed by atoms with E-state index >= 15 is 0 Å². The van der Waals surface area contributed by atoms with Gasteiger partial charge in [-0.1, -0.05) is 12.1 Å². The monoisotopic (exact) mass is 344 g/mol. The molecule has 0 bridgehead atoms. The topological polar surface area (TPSA) is 112 Å². The number of furan rings is 1. The molecule has 0 saturated carbocycles. The van der Waals surface area contributed by atoms with Crippen LogP contribution in [0.1, 0.15) is 18.2 Å². The first kappa shape index (κ1) is 17.9. The molecule has 1 atom stereocenters. The minimum absolute atomic E-state index is 0.125. The Hall–Kier alpha value is -3.42. The first-order valence-corrected chi connectivity index (χ1v) is 7.35. The van der Waals surface area contributed by atoms with Gasteiger partial charge in [-0.15, -0.1) is 0 Å². The van der Waals surface area contributed by atoms with Crippen LogP contribution in [0.5, 0.6) is 0 Å². The number of benzene rings is 1. The standard InChI is InChI=1S/C17H16N2O6/c1-11-4-3-5-13(10-11)18-17(21)12(2)24-16(20)9-7-14-6-8-15(25-14)19(22)23/h3-10,12H,1-2H3,(H,18,21)/b9-7+/t12-/m0/s1. The van der Waals surface area contributed by atoms with Crippen LogP contribution in [0, 0.1) is 17.0 Å². The number of nitrogens with zero attached hydrogens (tertiary/aromatic N) is 1. The van der Waals surface area contributed by atoms with E-state index in [0.717, 1.165) is 11.6 Å². The summed E-state index contributed by atoms with van der Waals surface area (Å²) < 4.78 is 9.84. The molecule has 0 aliphatic carbocycles. The maximum absolute atomic E-state index is 12.0. The van der Waals surface area contributed by atoms with E-state index in [4.69, 9.17) is 9.15 Å². The highest BCUT2D eigenvalue weighted by atomic mass is 16.6. The lowest BCUT2D eigenvalue weighted by molar-refractivity contribution is -0.402. The number of hydrogen-bond acceptors (Lipinski definition) is 6. The van der Waals surface area contributed by atoms with Gasteiger partial charge in [0.25, 0.3) is 5.91 Å². The van der Waals surface area contributed by atoms with Gasteiger partial charge in [0.2, 0.25) is 0 Å². The minimum Gasteiger partial charge on any atom is -0.449 e. The summed E-state index contributed by atoms with van der Waals surface area (Å²) in [7, 11) is 0. The summed E-state index contributed by atoms with van der Waals surface area (Å²) in [5.41, 5.74) is 1.59. The first-order chi connectivity index (χ1) is 11.8. The van der Waals surface area contributed by atoms with Crippen LogP contribution in [-0.4, -0.2) is 22.9 Å². The molecule has 1 amide bonds. The fourth-order valence-corrected chi connectivity index (χ4v) is 1.91. The number of anilines is 1. The maximum atomic E-state index is 12.0. The Morgan fingerprint density at radius 1 is 1.32 bits per heavy atom. The lowest BCUT2D eigenvalue weighted by Gasteiger charge is -2.12. The first-order valence-electron chi connectivity index (χ1n) is 7.35. The van der Waals surface area contributed by atoms with Gasteiger partial charge in [-0.25, -0.2) is 4.79 Å². The number of nitro groups is 1. The molecule has 0 saturated heterocycles. The predicted molar refractivity (Wildman–Crippen MR) is 89.8 cm³/mol. The van der Waals surface area contributed by atoms with Crippen molar-refractivity contribution in [3.8, 4) is 0 Å². The van der Waals surface area contributed by atoms with Gasteiger partial charge in [0.15, 0.2) is 6.10 Å². The number of carbonyl (C=O) groups excluding carboxylic acids is 2. The Bertz CT molecular complexity index is 824. The molecule has 8 heteroatoms. The van der Waals surface area contributed by atoms with Crippen LogP contribution < -0.4 is 5.32 Å². The van der Waals surface area contributed by atoms with Gasteiger partial charge in [-0.2, -0.15) is 0 Å². The van der Waals surface area contributed by atoms with Gasteiger partial charge in [0, 0.05) is 11.8 Å². The molecule has 0 aliphatic heterocycles. The molecule has 0 fully saturated rings. The maximum Gasteiger partial charge on any atom is 0.433 e. The van der Waals surface area contributed by atoms with Crippen molar-refractivity contribution in [1.29, 1.82) is 0 Å². The average Bonchev–Trinajstić information content (AvgIpc) is 3.02. The van der Waals surface area contributed by atoms with Gasteiger partial charge in [-0.3, -0.25) is 14.9 Å². The number of rotatable bonds is 6. The number of nitrogens with one attached hydrogen (secondary N) is 1. The molecule has 25 heavy (non-hydrogen) atoms. The molecule has 0 radical (unpaired) electrons. The molecule has 2 aromatic rings. The lowest BCUT2D eigenvalue weighted by Crippen LogP contribution is -2.29. The Balaban J connectivity index is 1.89. The Morgan fingerprint density at radius 2 is 2.08 bits per heavy atom. The Morgan fingerprint density at radius 3 is 2.72 bits per heavy atom. The van der Waals surface area contributed by atoms with E-state index in [1.165, 1.54) is 25.1 Å². The van der Waals surface area contributed by atoms with E-state index < -0.39 is 28.8 Å². The van der Waals surface area contributed by atoms with Crippen LogP contribution >= 0.6 is 0 Å². The summed E-state index contributed by atoms with van der Waals surface area (Å²) in [5, 5.41) is 13.1. The highest BCUT2D eigenvalue weighted by Gasteiger charge is 2.17. The molecule has 0 unspecified atom stereocenters. The van der Waals surface area contributed by atoms with Crippen molar-refractivity contribution >= 4 is 29.5 Å². The molecule has 1 N–H and O–H groups in total. The van der Waals surface area contributed by atoms with E-state index in [2.05, 4.69) is 5.32 Å². The van der Waals surface area contributed by atoms with Crippen LogP contribution in [0.25, 0.3) is 6.08 Å². The number of hydrogen-bond donors (Lipinski definition) is 1.